The molecule has 30 heavy (non-hydrogen) atoms. The average Bonchev–Trinajstić information content (AvgIpc) is 3.16. The number of likely N-dealkylation sites (N-methyl/N-ethyl adjacent to an activating group) is 1. The zero-order valence-electron chi connectivity index (χ0n) is 17.8. The summed E-state index contributed by atoms with van der Waals surface area (Å²) in [6.45, 7) is 8.45. The lowest BCUT2D eigenvalue weighted by Crippen LogP contribution is -2.51. The van der Waals surface area contributed by atoms with Crippen LogP contribution in [0.15, 0.2) is 30.6 Å². The number of benzene rings is 1. The standard InChI is InChI=1S/C23H30FN5O/c1-3-25-14-19(17-5-7-18(24)8-6-17)23(30)29-12-10-28(11-13-29)22-21-16(2)4-9-20(21)26-15-27-22/h5-8,15-16,19,25H,3-4,9-14H2,1-2H3/t16-,19?/m1/s1. The SMILES string of the molecule is CCNCC(C(=O)N1CCN(c2ncnc3c2[C@H](C)CC3)CC1)c1ccc(F)cc1. The Kier molecular flexibility index (Phi) is 6.27. The number of amides is 1. The maximum absolute atomic E-state index is 13.4. The Morgan fingerprint density at radius 3 is 2.63 bits per heavy atom. The Bertz CT molecular complexity index is 880. The highest BCUT2D eigenvalue weighted by Crippen LogP contribution is 2.37. The number of piperazine rings is 1. The minimum atomic E-state index is -0.305. The van der Waals surface area contributed by atoms with Crippen molar-refractivity contribution in [2.45, 2.75) is 38.5 Å². The van der Waals surface area contributed by atoms with E-state index in [1.807, 2.05) is 11.8 Å². The first-order valence-electron chi connectivity index (χ1n) is 10.9. The van der Waals surface area contributed by atoms with Gasteiger partial charge in [-0.15, -0.1) is 0 Å². The van der Waals surface area contributed by atoms with Crippen LogP contribution in [0.25, 0.3) is 0 Å². The molecule has 1 fully saturated rings. The van der Waals surface area contributed by atoms with Gasteiger partial charge in [0.15, 0.2) is 0 Å². The van der Waals surface area contributed by atoms with Gasteiger partial charge in [-0.2, -0.15) is 0 Å². The van der Waals surface area contributed by atoms with Gasteiger partial charge in [-0.25, -0.2) is 14.4 Å². The highest BCUT2D eigenvalue weighted by molar-refractivity contribution is 5.84. The number of aryl methyl sites for hydroxylation is 1. The van der Waals surface area contributed by atoms with Crippen molar-refractivity contribution in [2.75, 3.05) is 44.2 Å². The van der Waals surface area contributed by atoms with Gasteiger partial charge >= 0.3 is 0 Å². The number of anilines is 1. The number of nitrogens with one attached hydrogen (secondary N) is 1. The van der Waals surface area contributed by atoms with Crippen molar-refractivity contribution >= 4 is 11.7 Å². The lowest BCUT2D eigenvalue weighted by Gasteiger charge is -2.38. The molecular weight excluding hydrogens is 381 g/mol. The maximum atomic E-state index is 13.4. The molecule has 7 heteroatoms. The minimum Gasteiger partial charge on any atom is -0.353 e. The maximum Gasteiger partial charge on any atom is 0.231 e. The first kappa shape index (κ1) is 20.7. The minimum absolute atomic E-state index is 0.100. The third kappa shape index (κ3) is 4.17. The summed E-state index contributed by atoms with van der Waals surface area (Å²) in [6.07, 6.45) is 3.82. The molecule has 2 heterocycles. The number of fused-ring (bicyclic) bond motifs is 1. The van der Waals surface area contributed by atoms with Crippen LogP contribution in [0.5, 0.6) is 0 Å². The Labute approximate surface area is 177 Å². The van der Waals surface area contributed by atoms with Gasteiger partial charge < -0.3 is 15.1 Å². The first-order chi connectivity index (χ1) is 14.6. The summed E-state index contributed by atoms with van der Waals surface area (Å²) in [5.41, 5.74) is 3.31. The van der Waals surface area contributed by atoms with E-state index < -0.39 is 0 Å². The van der Waals surface area contributed by atoms with Crippen molar-refractivity contribution < 1.29 is 9.18 Å². The predicted octanol–water partition coefficient (Wildman–Crippen LogP) is 2.71. The Morgan fingerprint density at radius 1 is 1.20 bits per heavy atom. The molecule has 1 saturated heterocycles. The number of carbonyl (C=O) groups is 1. The quantitative estimate of drug-likeness (QED) is 0.792. The molecule has 2 aromatic rings. The van der Waals surface area contributed by atoms with Gasteiger partial charge in [0.25, 0.3) is 0 Å². The third-order valence-corrected chi connectivity index (χ3v) is 6.31. The van der Waals surface area contributed by atoms with Crippen molar-refractivity contribution in [1.29, 1.82) is 0 Å². The fraction of sp³-hybridized carbons (Fsp3) is 0.522. The van der Waals surface area contributed by atoms with Crippen molar-refractivity contribution in [3.05, 3.63) is 53.2 Å². The summed E-state index contributed by atoms with van der Waals surface area (Å²) in [4.78, 5) is 26.6. The van der Waals surface area contributed by atoms with Gasteiger partial charge in [-0.3, -0.25) is 4.79 Å². The van der Waals surface area contributed by atoms with Crippen molar-refractivity contribution in [3.8, 4) is 0 Å². The molecule has 0 radical (unpaired) electrons. The van der Waals surface area contributed by atoms with Crippen LogP contribution in [0.4, 0.5) is 10.2 Å². The number of hydrogen-bond acceptors (Lipinski definition) is 5. The van der Waals surface area contributed by atoms with E-state index >= 15 is 0 Å². The molecule has 1 aromatic heterocycles. The molecule has 4 rings (SSSR count). The molecule has 1 aromatic carbocycles. The van der Waals surface area contributed by atoms with E-state index in [0.717, 1.165) is 43.9 Å². The summed E-state index contributed by atoms with van der Waals surface area (Å²) in [5, 5.41) is 3.28. The van der Waals surface area contributed by atoms with Gasteiger partial charge in [0.2, 0.25) is 5.91 Å². The Hall–Kier alpha value is -2.54. The van der Waals surface area contributed by atoms with E-state index in [9.17, 15) is 9.18 Å². The van der Waals surface area contributed by atoms with E-state index in [4.69, 9.17) is 0 Å². The number of halogens is 1. The lowest BCUT2D eigenvalue weighted by atomic mass is 9.96. The van der Waals surface area contributed by atoms with Gasteiger partial charge in [-0.1, -0.05) is 26.0 Å². The molecule has 2 aliphatic rings. The van der Waals surface area contributed by atoms with E-state index in [2.05, 4.69) is 27.1 Å². The second-order valence-electron chi connectivity index (χ2n) is 8.22. The number of nitrogens with zero attached hydrogens (tertiary/aromatic N) is 4. The lowest BCUT2D eigenvalue weighted by molar-refractivity contribution is -0.133. The van der Waals surface area contributed by atoms with Crippen LogP contribution < -0.4 is 10.2 Å². The molecule has 1 unspecified atom stereocenters. The van der Waals surface area contributed by atoms with Crippen molar-refractivity contribution in [1.82, 2.24) is 20.2 Å². The summed E-state index contributed by atoms with van der Waals surface area (Å²) in [6, 6.07) is 6.29. The fourth-order valence-electron chi connectivity index (χ4n) is 4.57. The van der Waals surface area contributed by atoms with Crippen LogP contribution in [0.3, 0.4) is 0 Å². The third-order valence-electron chi connectivity index (χ3n) is 6.31. The van der Waals surface area contributed by atoms with Crippen LogP contribution in [0.1, 0.15) is 48.9 Å². The number of hydrogen-bond donors (Lipinski definition) is 1. The molecule has 0 bridgehead atoms. The molecule has 160 valence electrons. The molecule has 6 nitrogen and oxygen atoms in total. The van der Waals surface area contributed by atoms with E-state index in [1.54, 1.807) is 18.5 Å². The summed E-state index contributed by atoms with van der Waals surface area (Å²) in [5.74, 6) is 1.04. The summed E-state index contributed by atoms with van der Waals surface area (Å²) in [7, 11) is 0. The van der Waals surface area contributed by atoms with Crippen LogP contribution in [0, 0.1) is 5.82 Å². The van der Waals surface area contributed by atoms with E-state index in [1.165, 1.54) is 23.4 Å². The Balaban J connectivity index is 1.45. The fourth-order valence-corrected chi connectivity index (χ4v) is 4.57. The van der Waals surface area contributed by atoms with E-state index in [-0.39, 0.29) is 17.6 Å². The Morgan fingerprint density at radius 2 is 1.93 bits per heavy atom. The topological polar surface area (TPSA) is 61.4 Å². The largest absolute Gasteiger partial charge is 0.353 e. The molecule has 1 N–H and O–H groups in total. The average molecular weight is 412 g/mol. The summed E-state index contributed by atoms with van der Waals surface area (Å²) >= 11 is 0. The number of rotatable bonds is 6. The smallest absolute Gasteiger partial charge is 0.231 e. The number of carbonyl (C=O) groups excluding carboxylic acids is 1. The van der Waals surface area contributed by atoms with Gasteiger partial charge in [0, 0.05) is 44.0 Å². The molecular formula is C23H30FN5O. The zero-order chi connectivity index (χ0) is 21.1. The van der Waals surface area contributed by atoms with Gasteiger partial charge in [0.05, 0.1) is 5.92 Å². The number of aromatic nitrogens is 2. The van der Waals surface area contributed by atoms with Gasteiger partial charge in [0.1, 0.15) is 18.0 Å². The van der Waals surface area contributed by atoms with Crippen LogP contribution in [0.2, 0.25) is 0 Å². The normalized spacial score (nSPS) is 19.6. The highest BCUT2D eigenvalue weighted by Gasteiger charge is 2.31. The molecule has 1 aliphatic heterocycles. The molecule has 2 atom stereocenters. The van der Waals surface area contributed by atoms with E-state index in [0.29, 0.717) is 25.6 Å². The summed E-state index contributed by atoms with van der Waals surface area (Å²) < 4.78 is 13.4. The van der Waals surface area contributed by atoms with Crippen LogP contribution >= 0.6 is 0 Å². The molecule has 0 spiro atoms. The second kappa shape index (κ2) is 9.08. The molecule has 1 aliphatic carbocycles. The zero-order valence-corrected chi connectivity index (χ0v) is 17.8. The highest BCUT2D eigenvalue weighted by atomic mass is 19.1. The second-order valence-corrected chi connectivity index (χ2v) is 8.22. The molecule has 1 amide bonds. The van der Waals surface area contributed by atoms with Crippen LogP contribution in [-0.2, 0) is 11.2 Å². The van der Waals surface area contributed by atoms with Crippen LogP contribution in [-0.4, -0.2) is 60.0 Å². The molecule has 0 saturated carbocycles. The first-order valence-corrected chi connectivity index (χ1v) is 10.9. The monoisotopic (exact) mass is 411 g/mol. The van der Waals surface area contributed by atoms with Crippen molar-refractivity contribution in [3.63, 3.8) is 0 Å². The predicted molar refractivity (Wildman–Crippen MR) is 115 cm³/mol. The van der Waals surface area contributed by atoms with Gasteiger partial charge in [-0.05, 0) is 43.0 Å². The van der Waals surface area contributed by atoms with Crippen molar-refractivity contribution in [2.24, 2.45) is 0 Å².